The number of benzene rings is 1. The predicted molar refractivity (Wildman–Crippen MR) is 98.6 cm³/mol. The highest BCUT2D eigenvalue weighted by molar-refractivity contribution is 8.00. The maximum absolute atomic E-state index is 12.3. The smallest absolute Gasteiger partial charge is 0.251 e. The van der Waals surface area contributed by atoms with E-state index in [1.54, 1.807) is 6.92 Å². The van der Waals surface area contributed by atoms with E-state index in [0.29, 0.717) is 5.16 Å². The van der Waals surface area contributed by atoms with Crippen molar-refractivity contribution in [1.29, 1.82) is 0 Å². The molecule has 0 spiro atoms. The Morgan fingerprint density at radius 1 is 1.29 bits per heavy atom. The Bertz CT molecular complexity index is 741. The molecule has 2 aromatic rings. The molecule has 0 saturated heterocycles. The fourth-order valence-electron chi connectivity index (χ4n) is 2.21. The van der Waals surface area contributed by atoms with E-state index in [0.717, 1.165) is 30.6 Å². The first kappa shape index (κ1) is 18.3. The van der Waals surface area contributed by atoms with E-state index < -0.39 is 0 Å². The fourth-order valence-corrected chi connectivity index (χ4v) is 3.04. The minimum Gasteiger partial charge on any atom is -0.325 e. The van der Waals surface area contributed by atoms with Crippen molar-refractivity contribution in [2.45, 2.75) is 50.4 Å². The standard InChI is InChI=1S/C18H23N3O2S/c1-4-6-15-11-16(22)21-18(20-15)24-12(3)17(23)19-14-9-7-13(5-2)8-10-14/h7-12H,4-6H2,1-3H3,(H,19,23)(H,20,21,22)/t12-/m1/s1. The van der Waals surface area contributed by atoms with Gasteiger partial charge in [0, 0.05) is 17.4 Å². The lowest BCUT2D eigenvalue weighted by Gasteiger charge is -2.12. The second kappa shape index (κ2) is 8.68. The molecule has 2 rings (SSSR count). The molecular weight excluding hydrogens is 322 g/mol. The normalized spacial score (nSPS) is 12.0. The van der Waals surface area contributed by atoms with Crippen LogP contribution in [-0.2, 0) is 17.6 Å². The molecular formula is C18H23N3O2S. The number of hydrogen-bond acceptors (Lipinski definition) is 4. The maximum atomic E-state index is 12.3. The minimum absolute atomic E-state index is 0.118. The van der Waals surface area contributed by atoms with Crippen molar-refractivity contribution in [2.24, 2.45) is 0 Å². The molecule has 0 fully saturated rings. The van der Waals surface area contributed by atoms with Crippen molar-refractivity contribution in [3.05, 3.63) is 51.9 Å². The molecule has 1 atom stereocenters. The molecule has 5 nitrogen and oxygen atoms in total. The van der Waals surface area contributed by atoms with Gasteiger partial charge in [-0.1, -0.05) is 44.2 Å². The number of anilines is 1. The summed E-state index contributed by atoms with van der Waals surface area (Å²) in [6, 6.07) is 9.31. The van der Waals surface area contributed by atoms with Gasteiger partial charge in [0.1, 0.15) is 0 Å². The molecule has 24 heavy (non-hydrogen) atoms. The number of carbonyl (C=O) groups excluding carboxylic acids is 1. The van der Waals surface area contributed by atoms with Crippen molar-refractivity contribution in [1.82, 2.24) is 9.97 Å². The number of H-pyrrole nitrogens is 1. The lowest BCUT2D eigenvalue weighted by molar-refractivity contribution is -0.115. The van der Waals surface area contributed by atoms with Gasteiger partial charge in [0.2, 0.25) is 5.91 Å². The number of rotatable bonds is 7. The quantitative estimate of drug-likeness (QED) is 0.596. The van der Waals surface area contributed by atoms with Gasteiger partial charge in [-0.25, -0.2) is 4.98 Å². The predicted octanol–water partition coefficient (Wildman–Crippen LogP) is 3.40. The third-order valence-electron chi connectivity index (χ3n) is 3.57. The fraction of sp³-hybridized carbons (Fsp3) is 0.389. The van der Waals surface area contributed by atoms with Crippen molar-refractivity contribution >= 4 is 23.4 Å². The van der Waals surface area contributed by atoms with E-state index >= 15 is 0 Å². The summed E-state index contributed by atoms with van der Waals surface area (Å²) in [5, 5.41) is 3.00. The monoisotopic (exact) mass is 345 g/mol. The van der Waals surface area contributed by atoms with Crippen molar-refractivity contribution < 1.29 is 4.79 Å². The van der Waals surface area contributed by atoms with Gasteiger partial charge in [-0.05, 0) is 37.5 Å². The topological polar surface area (TPSA) is 74.8 Å². The van der Waals surface area contributed by atoms with Gasteiger partial charge in [0.25, 0.3) is 5.56 Å². The molecule has 1 aromatic heterocycles. The van der Waals surface area contributed by atoms with E-state index in [2.05, 4.69) is 22.2 Å². The molecule has 0 bridgehead atoms. The molecule has 0 aliphatic heterocycles. The summed E-state index contributed by atoms with van der Waals surface area (Å²) in [4.78, 5) is 31.1. The molecule has 1 amide bonds. The Balaban J connectivity index is 2.01. The van der Waals surface area contributed by atoms with Crippen LogP contribution in [0.3, 0.4) is 0 Å². The SMILES string of the molecule is CCCc1cc(=O)[nH]c(S[C@H](C)C(=O)Nc2ccc(CC)cc2)n1. The summed E-state index contributed by atoms with van der Waals surface area (Å²) in [5.74, 6) is -0.118. The van der Waals surface area contributed by atoms with Gasteiger partial charge in [-0.15, -0.1) is 0 Å². The summed E-state index contributed by atoms with van der Waals surface area (Å²) in [5.41, 5.74) is 2.57. The van der Waals surface area contributed by atoms with Gasteiger partial charge in [-0.2, -0.15) is 0 Å². The molecule has 0 saturated carbocycles. The van der Waals surface area contributed by atoms with Crippen molar-refractivity contribution in [2.75, 3.05) is 5.32 Å². The molecule has 0 aliphatic carbocycles. The molecule has 0 unspecified atom stereocenters. The highest BCUT2D eigenvalue weighted by Gasteiger charge is 2.16. The number of thioether (sulfide) groups is 1. The Morgan fingerprint density at radius 3 is 2.62 bits per heavy atom. The number of aromatic amines is 1. The van der Waals surface area contributed by atoms with Crippen LogP contribution in [0.15, 0.2) is 40.3 Å². The second-order valence-corrected chi connectivity index (χ2v) is 6.92. The third-order valence-corrected chi connectivity index (χ3v) is 4.55. The number of nitrogens with zero attached hydrogens (tertiary/aromatic N) is 1. The highest BCUT2D eigenvalue weighted by atomic mass is 32.2. The van der Waals surface area contributed by atoms with Gasteiger partial charge in [-0.3, -0.25) is 9.59 Å². The molecule has 1 heterocycles. The van der Waals surface area contributed by atoms with Crippen LogP contribution in [0.5, 0.6) is 0 Å². The zero-order valence-electron chi connectivity index (χ0n) is 14.3. The number of hydrogen-bond donors (Lipinski definition) is 2. The van der Waals surface area contributed by atoms with E-state index in [4.69, 9.17) is 0 Å². The van der Waals surface area contributed by atoms with Gasteiger partial charge < -0.3 is 10.3 Å². The largest absolute Gasteiger partial charge is 0.325 e. The van der Waals surface area contributed by atoms with Gasteiger partial charge in [0.15, 0.2) is 5.16 Å². The minimum atomic E-state index is -0.365. The zero-order valence-corrected chi connectivity index (χ0v) is 15.1. The van der Waals surface area contributed by atoms with Crippen LogP contribution in [0.2, 0.25) is 0 Å². The molecule has 1 aromatic carbocycles. The second-order valence-electron chi connectivity index (χ2n) is 5.59. The van der Waals surface area contributed by atoms with E-state index in [9.17, 15) is 9.59 Å². The number of aryl methyl sites for hydroxylation is 2. The summed E-state index contributed by atoms with van der Waals surface area (Å²) in [6.45, 7) is 5.93. The molecule has 0 radical (unpaired) electrons. The van der Waals surface area contributed by atoms with Crippen LogP contribution in [0.25, 0.3) is 0 Å². The Labute approximate surface area is 146 Å². The summed E-state index contributed by atoms with van der Waals surface area (Å²) < 4.78 is 0. The summed E-state index contributed by atoms with van der Waals surface area (Å²) >= 11 is 1.25. The van der Waals surface area contributed by atoms with Crippen LogP contribution in [0.4, 0.5) is 5.69 Å². The maximum Gasteiger partial charge on any atom is 0.251 e. The third kappa shape index (κ3) is 5.23. The molecule has 2 N–H and O–H groups in total. The number of nitrogens with one attached hydrogen (secondary N) is 2. The Kier molecular flexibility index (Phi) is 6.61. The van der Waals surface area contributed by atoms with Gasteiger partial charge >= 0.3 is 0 Å². The number of aromatic nitrogens is 2. The average molecular weight is 345 g/mol. The van der Waals surface area contributed by atoms with E-state index in [1.807, 2.05) is 31.2 Å². The van der Waals surface area contributed by atoms with Crippen LogP contribution < -0.4 is 10.9 Å². The van der Waals surface area contributed by atoms with Crippen LogP contribution in [0, 0.1) is 0 Å². The van der Waals surface area contributed by atoms with Crippen LogP contribution in [-0.4, -0.2) is 21.1 Å². The van der Waals surface area contributed by atoms with Crippen molar-refractivity contribution in [3.8, 4) is 0 Å². The van der Waals surface area contributed by atoms with Gasteiger partial charge in [0.05, 0.1) is 5.25 Å². The summed E-state index contributed by atoms with van der Waals surface area (Å²) in [6.07, 6.45) is 2.64. The zero-order chi connectivity index (χ0) is 17.5. The Hall–Kier alpha value is -2.08. The number of amides is 1. The van der Waals surface area contributed by atoms with E-state index in [1.165, 1.54) is 23.4 Å². The first-order valence-corrected chi connectivity index (χ1v) is 9.06. The van der Waals surface area contributed by atoms with Crippen LogP contribution in [0.1, 0.15) is 38.4 Å². The molecule has 0 aliphatic rings. The molecule has 6 heteroatoms. The first-order chi connectivity index (χ1) is 11.5. The lowest BCUT2D eigenvalue weighted by atomic mass is 10.1. The van der Waals surface area contributed by atoms with Crippen molar-refractivity contribution in [3.63, 3.8) is 0 Å². The lowest BCUT2D eigenvalue weighted by Crippen LogP contribution is -2.23. The van der Waals surface area contributed by atoms with Crippen LogP contribution >= 0.6 is 11.8 Å². The average Bonchev–Trinajstić information content (AvgIpc) is 2.55. The van der Waals surface area contributed by atoms with E-state index in [-0.39, 0.29) is 16.7 Å². The highest BCUT2D eigenvalue weighted by Crippen LogP contribution is 2.20. The molecule has 128 valence electrons. The summed E-state index contributed by atoms with van der Waals surface area (Å²) in [7, 11) is 0. The first-order valence-electron chi connectivity index (χ1n) is 8.18. The Morgan fingerprint density at radius 2 is 2.00 bits per heavy atom. The number of carbonyl (C=O) groups is 1.